The molecule has 0 atom stereocenters. The van der Waals surface area contributed by atoms with Crippen molar-refractivity contribution in [2.75, 3.05) is 13.1 Å². The summed E-state index contributed by atoms with van der Waals surface area (Å²) in [5.41, 5.74) is 6.75. The molecule has 0 aliphatic heterocycles. The van der Waals surface area contributed by atoms with Crippen LogP contribution in [0.5, 0.6) is 0 Å². The quantitative estimate of drug-likeness (QED) is 0.783. The minimum absolute atomic E-state index is 0.492. The second-order valence-electron chi connectivity index (χ2n) is 3.89. The predicted molar refractivity (Wildman–Crippen MR) is 62.6 cm³/mol. The van der Waals surface area contributed by atoms with E-state index in [9.17, 15) is 0 Å². The van der Waals surface area contributed by atoms with Crippen molar-refractivity contribution in [2.24, 2.45) is 5.73 Å². The van der Waals surface area contributed by atoms with E-state index < -0.39 is 0 Å². The maximum Gasteiger partial charge on any atom is 0.120 e. The Morgan fingerprint density at radius 1 is 1.40 bits per heavy atom. The van der Waals surface area contributed by atoms with Gasteiger partial charge in [-0.2, -0.15) is 0 Å². The van der Waals surface area contributed by atoms with Crippen LogP contribution in [-0.2, 0) is 13.1 Å². The zero-order valence-corrected chi connectivity index (χ0v) is 10.0. The van der Waals surface area contributed by atoms with Crippen LogP contribution in [0.2, 0.25) is 0 Å². The molecule has 1 heterocycles. The second-order valence-corrected chi connectivity index (χ2v) is 3.89. The minimum Gasteiger partial charge on any atom is -0.463 e. The molecule has 0 amide bonds. The molecule has 1 rings (SSSR count). The van der Waals surface area contributed by atoms with Gasteiger partial charge in [0.05, 0.1) is 13.1 Å². The number of aryl methyl sites for hydroxylation is 1. The molecule has 86 valence electrons. The molecule has 0 aromatic carbocycles. The van der Waals surface area contributed by atoms with Crippen molar-refractivity contribution in [1.29, 1.82) is 0 Å². The first kappa shape index (κ1) is 12.3. The van der Waals surface area contributed by atoms with Crippen LogP contribution in [0.25, 0.3) is 0 Å². The molecule has 0 spiro atoms. The van der Waals surface area contributed by atoms with Gasteiger partial charge in [-0.05, 0) is 38.1 Å². The standard InChI is InChI=1S/C12H22N2O/c1-4-6-14(5-2)9-11-7-10(3)12(8-13)15-11/h7H,4-6,8-9,13H2,1-3H3. The van der Waals surface area contributed by atoms with Gasteiger partial charge in [0.2, 0.25) is 0 Å². The molecule has 15 heavy (non-hydrogen) atoms. The first-order valence-corrected chi connectivity index (χ1v) is 5.71. The van der Waals surface area contributed by atoms with Crippen LogP contribution < -0.4 is 5.73 Å². The highest BCUT2D eigenvalue weighted by Crippen LogP contribution is 2.15. The van der Waals surface area contributed by atoms with Crippen molar-refractivity contribution in [3.8, 4) is 0 Å². The van der Waals surface area contributed by atoms with Gasteiger partial charge < -0.3 is 10.2 Å². The van der Waals surface area contributed by atoms with Gasteiger partial charge in [-0.1, -0.05) is 13.8 Å². The Labute approximate surface area is 92.2 Å². The normalized spacial score (nSPS) is 11.3. The van der Waals surface area contributed by atoms with Crippen LogP contribution in [0, 0.1) is 6.92 Å². The first-order chi connectivity index (χ1) is 7.21. The molecule has 0 bridgehead atoms. The van der Waals surface area contributed by atoms with Crippen LogP contribution in [0.3, 0.4) is 0 Å². The fourth-order valence-electron chi connectivity index (χ4n) is 1.76. The number of rotatable bonds is 6. The molecule has 0 saturated carbocycles. The zero-order valence-electron chi connectivity index (χ0n) is 10.0. The fraction of sp³-hybridized carbons (Fsp3) is 0.667. The fourth-order valence-corrected chi connectivity index (χ4v) is 1.76. The molecule has 0 aliphatic rings. The molecular weight excluding hydrogens is 188 g/mol. The number of hydrogen-bond acceptors (Lipinski definition) is 3. The van der Waals surface area contributed by atoms with Gasteiger partial charge >= 0.3 is 0 Å². The molecule has 0 fully saturated rings. The lowest BCUT2D eigenvalue weighted by Crippen LogP contribution is -2.23. The van der Waals surface area contributed by atoms with Gasteiger partial charge in [-0.3, -0.25) is 4.90 Å². The van der Waals surface area contributed by atoms with Gasteiger partial charge in [0, 0.05) is 0 Å². The van der Waals surface area contributed by atoms with Gasteiger partial charge in [-0.25, -0.2) is 0 Å². The summed E-state index contributed by atoms with van der Waals surface area (Å²) in [4.78, 5) is 2.37. The van der Waals surface area contributed by atoms with Gasteiger partial charge in [0.25, 0.3) is 0 Å². The number of hydrogen-bond donors (Lipinski definition) is 1. The van der Waals surface area contributed by atoms with Crippen molar-refractivity contribution in [1.82, 2.24) is 4.90 Å². The maximum atomic E-state index is 5.68. The predicted octanol–water partition coefficient (Wildman–Crippen LogP) is 2.28. The topological polar surface area (TPSA) is 42.4 Å². The third-order valence-corrected chi connectivity index (χ3v) is 2.62. The zero-order chi connectivity index (χ0) is 11.3. The second kappa shape index (κ2) is 5.93. The third-order valence-electron chi connectivity index (χ3n) is 2.62. The van der Waals surface area contributed by atoms with E-state index in [4.69, 9.17) is 10.2 Å². The van der Waals surface area contributed by atoms with Crippen molar-refractivity contribution < 1.29 is 4.42 Å². The van der Waals surface area contributed by atoms with Crippen molar-refractivity contribution in [2.45, 2.75) is 40.3 Å². The van der Waals surface area contributed by atoms with E-state index in [0.29, 0.717) is 6.54 Å². The minimum atomic E-state index is 0.492. The average Bonchev–Trinajstić information content (AvgIpc) is 2.58. The highest BCUT2D eigenvalue weighted by Gasteiger charge is 2.09. The summed E-state index contributed by atoms with van der Waals surface area (Å²) in [6.07, 6.45) is 1.18. The van der Waals surface area contributed by atoms with Gasteiger partial charge in [0.15, 0.2) is 0 Å². The van der Waals surface area contributed by atoms with Crippen molar-refractivity contribution in [3.63, 3.8) is 0 Å². The Kier molecular flexibility index (Phi) is 4.85. The summed E-state index contributed by atoms with van der Waals surface area (Å²) in [6.45, 7) is 9.98. The first-order valence-electron chi connectivity index (χ1n) is 5.71. The van der Waals surface area contributed by atoms with E-state index in [0.717, 1.165) is 31.2 Å². The lowest BCUT2D eigenvalue weighted by molar-refractivity contribution is 0.253. The highest BCUT2D eigenvalue weighted by atomic mass is 16.3. The van der Waals surface area contributed by atoms with E-state index in [-0.39, 0.29) is 0 Å². The van der Waals surface area contributed by atoms with Gasteiger partial charge in [0.1, 0.15) is 11.5 Å². The Morgan fingerprint density at radius 2 is 2.13 bits per heavy atom. The Bertz CT molecular complexity index is 294. The molecule has 0 unspecified atom stereocenters. The van der Waals surface area contributed by atoms with E-state index in [2.05, 4.69) is 24.8 Å². The van der Waals surface area contributed by atoms with E-state index in [1.54, 1.807) is 0 Å². The smallest absolute Gasteiger partial charge is 0.120 e. The van der Waals surface area contributed by atoms with Crippen LogP contribution >= 0.6 is 0 Å². The molecule has 1 aromatic rings. The molecule has 0 saturated heterocycles. The summed E-state index contributed by atoms with van der Waals surface area (Å²) >= 11 is 0. The van der Waals surface area contributed by atoms with Crippen molar-refractivity contribution >= 4 is 0 Å². The molecule has 0 radical (unpaired) electrons. The molecule has 2 N–H and O–H groups in total. The summed E-state index contributed by atoms with van der Waals surface area (Å²) in [5, 5.41) is 0. The van der Waals surface area contributed by atoms with Crippen molar-refractivity contribution in [3.05, 3.63) is 23.2 Å². The Balaban J connectivity index is 2.62. The summed E-state index contributed by atoms with van der Waals surface area (Å²) < 4.78 is 5.68. The summed E-state index contributed by atoms with van der Waals surface area (Å²) in [7, 11) is 0. The molecule has 3 heteroatoms. The summed E-state index contributed by atoms with van der Waals surface area (Å²) in [6, 6.07) is 2.10. The number of nitrogens with two attached hydrogens (primary N) is 1. The maximum absolute atomic E-state index is 5.68. The largest absolute Gasteiger partial charge is 0.463 e. The number of nitrogens with zero attached hydrogens (tertiary/aromatic N) is 1. The van der Waals surface area contributed by atoms with Crippen LogP contribution in [-0.4, -0.2) is 18.0 Å². The lowest BCUT2D eigenvalue weighted by Gasteiger charge is -2.17. The SMILES string of the molecule is CCCN(CC)Cc1cc(C)c(CN)o1. The van der Waals surface area contributed by atoms with Crippen LogP contribution in [0.1, 0.15) is 37.4 Å². The molecule has 1 aromatic heterocycles. The summed E-state index contributed by atoms with van der Waals surface area (Å²) in [5.74, 6) is 1.95. The Hall–Kier alpha value is -0.800. The third kappa shape index (κ3) is 3.36. The van der Waals surface area contributed by atoms with Crippen LogP contribution in [0.4, 0.5) is 0 Å². The monoisotopic (exact) mass is 210 g/mol. The Morgan fingerprint density at radius 3 is 2.60 bits per heavy atom. The average molecular weight is 210 g/mol. The van der Waals surface area contributed by atoms with Crippen LogP contribution in [0.15, 0.2) is 10.5 Å². The molecule has 3 nitrogen and oxygen atoms in total. The van der Waals surface area contributed by atoms with E-state index in [1.165, 1.54) is 12.0 Å². The highest BCUT2D eigenvalue weighted by molar-refractivity contribution is 5.19. The molecule has 0 aliphatic carbocycles. The molecular formula is C12H22N2O. The van der Waals surface area contributed by atoms with E-state index in [1.807, 2.05) is 6.92 Å². The van der Waals surface area contributed by atoms with E-state index >= 15 is 0 Å². The number of furan rings is 1. The lowest BCUT2D eigenvalue weighted by atomic mass is 10.2. The van der Waals surface area contributed by atoms with Gasteiger partial charge in [-0.15, -0.1) is 0 Å².